The molecule has 0 aliphatic heterocycles. The summed E-state index contributed by atoms with van der Waals surface area (Å²) in [6, 6.07) is 0. The summed E-state index contributed by atoms with van der Waals surface area (Å²) in [6.07, 6.45) is 1.85. The first-order chi connectivity index (χ1) is 11.7. The van der Waals surface area contributed by atoms with Gasteiger partial charge in [-0.3, -0.25) is 9.79 Å². The molecule has 0 bridgehead atoms. The first-order valence-corrected chi connectivity index (χ1v) is 10.8. The van der Waals surface area contributed by atoms with Crippen LogP contribution in [0.15, 0.2) is 4.99 Å². The summed E-state index contributed by atoms with van der Waals surface area (Å²) in [5.41, 5.74) is 0. The molecule has 25 heavy (non-hydrogen) atoms. The molecule has 0 aliphatic rings. The van der Waals surface area contributed by atoms with Crippen molar-refractivity contribution in [2.24, 2.45) is 4.99 Å². The third-order valence-electron chi connectivity index (χ3n) is 3.83. The Morgan fingerprint density at radius 3 is 2.12 bits per heavy atom. The molecule has 1 N–H and O–H groups in total. The highest BCUT2D eigenvalue weighted by atomic mass is 32.2. The van der Waals surface area contributed by atoms with E-state index in [1.807, 2.05) is 34.7 Å². The van der Waals surface area contributed by atoms with Crippen LogP contribution in [0.3, 0.4) is 0 Å². The smallest absolute Gasteiger partial charge is 0.242 e. The molecule has 0 aromatic rings. The molecule has 9 heteroatoms. The fourth-order valence-corrected chi connectivity index (χ4v) is 3.34. The molecule has 0 aliphatic carbocycles. The van der Waals surface area contributed by atoms with Crippen LogP contribution in [0.5, 0.6) is 0 Å². The molecule has 0 spiro atoms. The summed E-state index contributed by atoms with van der Waals surface area (Å²) < 4.78 is 24.6. The summed E-state index contributed by atoms with van der Waals surface area (Å²) in [5, 5.41) is 3.17. The predicted octanol–water partition coefficient (Wildman–Crippen LogP) is 0.424. The topological polar surface area (TPSA) is 85.3 Å². The lowest BCUT2D eigenvalue weighted by Crippen LogP contribution is -2.45. The van der Waals surface area contributed by atoms with Gasteiger partial charge in [0.15, 0.2) is 5.96 Å². The van der Waals surface area contributed by atoms with Gasteiger partial charge < -0.3 is 15.1 Å². The van der Waals surface area contributed by atoms with Crippen molar-refractivity contribution >= 4 is 21.9 Å². The first kappa shape index (κ1) is 23.6. The highest BCUT2D eigenvalue weighted by Gasteiger charge is 2.16. The molecule has 0 unspecified atom stereocenters. The van der Waals surface area contributed by atoms with Crippen LogP contribution in [0.2, 0.25) is 0 Å². The van der Waals surface area contributed by atoms with E-state index in [0.717, 1.165) is 0 Å². The molecule has 0 atom stereocenters. The maximum atomic E-state index is 12.2. The number of carbonyl (C=O) groups excluding carboxylic acids is 1. The lowest BCUT2D eigenvalue weighted by molar-refractivity contribution is -0.131. The zero-order chi connectivity index (χ0) is 19.5. The number of hydrogen-bond donors (Lipinski definition) is 1. The monoisotopic (exact) mass is 377 g/mol. The SMILES string of the molecule is CCNC(=NCCCN(CC)S(C)(=O)=O)N(C)CC(=O)N(CC)CC. The fraction of sp³-hybridized carbons (Fsp3) is 0.875. The Kier molecular flexibility index (Phi) is 11.4. The largest absolute Gasteiger partial charge is 0.357 e. The maximum Gasteiger partial charge on any atom is 0.242 e. The van der Waals surface area contributed by atoms with Gasteiger partial charge in [0.1, 0.15) is 0 Å². The van der Waals surface area contributed by atoms with Gasteiger partial charge in [0, 0.05) is 46.3 Å². The number of sulfonamides is 1. The molecule has 0 aromatic heterocycles. The number of nitrogens with one attached hydrogen (secondary N) is 1. The Balaban J connectivity index is 4.70. The summed E-state index contributed by atoms with van der Waals surface area (Å²) in [4.78, 5) is 20.3. The first-order valence-electron chi connectivity index (χ1n) is 8.93. The molecular formula is C16H35N5O3S. The Morgan fingerprint density at radius 2 is 1.68 bits per heavy atom. The van der Waals surface area contributed by atoms with Crippen LogP contribution in [0.25, 0.3) is 0 Å². The zero-order valence-corrected chi connectivity index (χ0v) is 17.4. The lowest BCUT2D eigenvalue weighted by Gasteiger charge is -2.25. The number of likely N-dealkylation sites (N-methyl/N-ethyl adjacent to an activating group) is 2. The van der Waals surface area contributed by atoms with Crippen LogP contribution >= 0.6 is 0 Å². The van der Waals surface area contributed by atoms with Gasteiger partial charge in [0.25, 0.3) is 0 Å². The van der Waals surface area contributed by atoms with E-state index in [4.69, 9.17) is 0 Å². The second kappa shape index (κ2) is 12.1. The molecule has 0 radical (unpaired) electrons. The van der Waals surface area contributed by atoms with E-state index in [-0.39, 0.29) is 12.5 Å². The van der Waals surface area contributed by atoms with Crippen molar-refractivity contribution in [3.8, 4) is 0 Å². The molecule has 8 nitrogen and oxygen atoms in total. The third kappa shape index (κ3) is 9.06. The van der Waals surface area contributed by atoms with Gasteiger partial charge in [-0.05, 0) is 27.2 Å². The normalized spacial score (nSPS) is 12.4. The van der Waals surface area contributed by atoms with Crippen LogP contribution < -0.4 is 5.32 Å². The van der Waals surface area contributed by atoms with Gasteiger partial charge in [0.2, 0.25) is 15.9 Å². The van der Waals surface area contributed by atoms with Crippen molar-refractivity contribution in [2.45, 2.75) is 34.1 Å². The van der Waals surface area contributed by atoms with Crippen molar-refractivity contribution in [3.05, 3.63) is 0 Å². The molecule has 0 saturated carbocycles. The minimum Gasteiger partial charge on any atom is -0.357 e. The van der Waals surface area contributed by atoms with Crippen molar-refractivity contribution in [1.82, 2.24) is 19.4 Å². The minimum atomic E-state index is -3.16. The van der Waals surface area contributed by atoms with Crippen LogP contribution in [0.4, 0.5) is 0 Å². The second-order valence-corrected chi connectivity index (χ2v) is 7.75. The van der Waals surface area contributed by atoms with Crippen LogP contribution in [0.1, 0.15) is 34.1 Å². The highest BCUT2D eigenvalue weighted by Crippen LogP contribution is 2.00. The molecule has 0 heterocycles. The number of hydrogen-bond acceptors (Lipinski definition) is 4. The number of amides is 1. The van der Waals surface area contributed by atoms with Gasteiger partial charge >= 0.3 is 0 Å². The van der Waals surface area contributed by atoms with E-state index in [1.54, 1.807) is 9.80 Å². The van der Waals surface area contributed by atoms with Crippen molar-refractivity contribution < 1.29 is 13.2 Å². The van der Waals surface area contributed by atoms with Gasteiger partial charge in [0.05, 0.1) is 12.8 Å². The van der Waals surface area contributed by atoms with E-state index >= 15 is 0 Å². The molecule has 1 amide bonds. The Bertz CT molecular complexity index is 518. The summed E-state index contributed by atoms with van der Waals surface area (Å²) in [7, 11) is -1.33. The molecule has 0 aromatic carbocycles. The minimum absolute atomic E-state index is 0.0623. The molecule has 0 rings (SSSR count). The average Bonchev–Trinajstić information content (AvgIpc) is 2.53. The average molecular weight is 378 g/mol. The second-order valence-electron chi connectivity index (χ2n) is 5.77. The molecule has 0 fully saturated rings. The maximum absolute atomic E-state index is 12.2. The van der Waals surface area contributed by atoms with E-state index in [0.29, 0.717) is 51.6 Å². The Hall–Kier alpha value is -1.35. The molecular weight excluding hydrogens is 342 g/mol. The number of carbonyl (C=O) groups is 1. The lowest BCUT2D eigenvalue weighted by atomic mass is 10.4. The molecule has 148 valence electrons. The fourth-order valence-electron chi connectivity index (χ4n) is 2.41. The number of guanidine groups is 1. The van der Waals surface area contributed by atoms with E-state index in [9.17, 15) is 13.2 Å². The zero-order valence-electron chi connectivity index (χ0n) is 16.6. The van der Waals surface area contributed by atoms with Gasteiger partial charge in [-0.1, -0.05) is 6.92 Å². The third-order valence-corrected chi connectivity index (χ3v) is 5.21. The van der Waals surface area contributed by atoms with Gasteiger partial charge in [-0.25, -0.2) is 12.7 Å². The van der Waals surface area contributed by atoms with Crippen molar-refractivity contribution in [1.29, 1.82) is 0 Å². The van der Waals surface area contributed by atoms with Crippen LogP contribution in [-0.2, 0) is 14.8 Å². The van der Waals surface area contributed by atoms with Gasteiger partial charge in [-0.2, -0.15) is 0 Å². The molecule has 0 saturated heterocycles. The van der Waals surface area contributed by atoms with E-state index < -0.39 is 10.0 Å². The van der Waals surface area contributed by atoms with E-state index in [2.05, 4.69) is 10.3 Å². The van der Waals surface area contributed by atoms with Crippen LogP contribution in [-0.4, -0.2) is 93.5 Å². The standard InChI is InChI=1S/C16H35N5O3S/c1-7-17-16(19(5)14-15(22)20(8-2)9-3)18-12-11-13-21(10-4)25(6,23)24/h7-14H2,1-6H3,(H,17,18). The van der Waals surface area contributed by atoms with Gasteiger partial charge in [-0.15, -0.1) is 0 Å². The number of nitrogens with zero attached hydrogens (tertiary/aromatic N) is 4. The van der Waals surface area contributed by atoms with E-state index in [1.165, 1.54) is 10.6 Å². The van der Waals surface area contributed by atoms with Crippen molar-refractivity contribution in [2.75, 3.05) is 59.1 Å². The van der Waals surface area contributed by atoms with Crippen LogP contribution in [0, 0.1) is 0 Å². The highest BCUT2D eigenvalue weighted by molar-refractivity contribution is 7.88. The number of aliphatic imine (C=N–C) groups is 1. The Morgan fingerprint density at radius 1 is 1.08 bits per heavy atom. The Labute approximate surface area is 153 Å². The summed E-state index contributed by atoms with van der Waals surface area (Å²) in [6.45, 7) is 11.5. The number of rotatable bonds is 11. The van der Waals surface area contributed by atoms with Crippen molar-refractivity contribution in [3.63, 3.8) is 0 Å². The summed E-state index contributed by atoms with van der Waals surface area (Å²) in [5.74, 6) is 0.720. The predicted molar refractivity (Wildman–Crippen MR) is 103 cm³/mol. The summed E-state index contributed by atoms with van der Waals surface area (Å²) >= 11 is 0. The quantitative estimate of drug-likeness (QED) is 0.320.